The lowest BCUT2D eigenvalue weighted by Gasteiger charge is -1.97. The van der Waals surface area contributed by atoms with Crippen LogP contribution in [0.5, 0.6) is 0 Å². The van der Waals surface area contributed by atoms with E-state index in [1.54, 1.807) is 6.20 Å². The van der Waals surface area contributed by atoms with Gasteiger partial charge in [0.25, 0.3) is 0 Å². The van der Waals surface area contributed by atoms with Crippen LogP contribution in [-0.2, 0) is 0 Å². The molecule has 0 aromatic carbocycles. The Morgan fingerprint density at radius 1 is 1.73 bits per heavy atom. The van der Waals surface area contributed by atoms with Crippen molar-refractivity contribution in [3.8, 4) is 0 Å². The van der Waals surface area contributed by atoms with Gasteiger partial charge in [0.1, 0.15) is 5.82 Å². The molecule has 0 aliphatic rings. The predicted molar refractivity (Wildman–Crippen MR) is 47.2 cm³/mol. The minimum absolute atomic E-state index is 0.826. The summed E-state index contributed by atoms with van der Waals surface area (Å²) >= 11 is 0. The van der Waals surface area contributed by atoms with Crippen molar-refractivity contribution >= 4 is 12.0 Å². The van der Waals surface area contributed by atoms with E-state index in [0.29, 0.717) is 0 Å². The lowest BCUT2D eigenvalue weighted by Crippen LogP contribution is -1.91. The van der Waals surface area contributed by atoms with Gasteiger partial charge in [-0.25, -0.2) is 0 Å². The summed E-state index contributed by atoms with van der Waals surface area (Å²) in [7, 11) is 0. The van der Waals surface area contributed by atoms with Crippen molar-refractivity contribution in [1.29, 1.82) is 5.41 Å². The molecule has 1 rings (SSSR count). The van der Waals surface area contributed by atoms with Crippen LogP contribution < -0.4 is 5.32 Å². The van der Waals surface area contributed by atoms with Gasteiger partial charge in [-0.2, -0.15) is 0 Å². The molecule has 3 heteroatoms. The van der Waals surface area contributed by atoms with Crippen LogP contribution in [0.4, 0.5) is 5.82 Å². The molecule has 3 N–H and O–H groups in total. The molecule has 0 spiro atoms. The van der Waals surface area contributed by atoms with Crippen LogP contribution in [0.2, 0.25) is 0 Å². The molecule has 0 radical (unpaired) electrons. The molecular formula is C8H11N3. The maximum atomic E-state index is 7.10. The van der Waals surface area contributed by atoms with Crippen molar-refractivity contribution in [1.82, 2.24) is 4.98 Å². The Morgan fingerprint density at radius 2 is 2.45 bits per heavy atom. The molecule has 0 aliphatic heterocycles. The highest BCUT2D eigenvalue weighted by Crippen LogP contribution is 2.14. The topological polar surface area (TPSA) is 51.7 Å². The zero-order chi connectivity index (χ0) is 8.27. The Bertz CT molecular complexity index is 273. The fourth-order valence-corrected chi connectivity index (χ4v) is 0.941. The maximum absolute atomic E-state index is 7.10. The monoisotopic (exact) mass is 149 g/mol. The summed E-state index contributed by atoms with van der Waals surface area (Å²) in [6.45, 7) is 5.48. The molecular weight excluding hydrogens is 138 g/mol. The van der Waals surface area contributed by atoms with Crippen molar-refractivity contribution in [2.24, 2.45) is 0 Å². The number of aromatic amines is 1. The third-order valence-electron chi connectivity index (χ3n) is 1.52. The lowest BCUT2D eigenvalue weighted by atomic mass is 10.2. The molecule has 11 heavy (non-hydrogen) atoms. The van der Waals surface area contributed by atoms with Gasteiger partial charge in [0.05, 0.1) is 0 Å². The Hall–Kier alpha value is -1.51. The first kappa shape index (κ1) is 7.60. The van der Waals surface area contributed by atoms with Crippen LogP contribution in [0.3, 0.4) is 0 Å². The van der Waals surface area contributed by atoms with Gasteiger partial charge in [0.15, 0.2) is 0 Å². The Kier molecular flexibility index (Phi) is 2.11. The summed E-state index contributed by atoms with van der Waals surface area (Å²) in [4.78, 5) is 2.99. The first-order valence-electron chi connectivity index (χ1n) is 3.35. The van der Waals surface area contributed by atoms with E-state index in [1.165, 1.54) is 6.21 Å². The van der Waals surface area contributed by atoms with Crippen LogP contribution in [-0.4, -0.2) is 11.2 Å². The van der Waals surface area contributed by atoms with Gasteiger partial charge >= 0.3 is 0 Å². The predicted octanol–water partition coefficient (Wildman–Crippen LogP) is 1.88. The van der Waals surface area contributed by atoms with Crippen molar-refractivity contribution in [2.75, 3.05) is 5.32 Å². The molecule has 0 saturated heterocycles. The lowest BCUT2D eigenvalue weighted by molar-refractivity contribution is 1.37. The Morgan fingerprint density at radius 3 is 3.00 bits per heavy atom. The molecule has 3 nitrogen and oxygen atoms in total. The highest BCUT2D eigenvalue weighted by Gasteiger charge is 2.02. The number of hydrogen-bond donors (Lipinski definition) is 3. The molecule has 0 bridgehead atoms. The van der Waals surface area contributed by atoms with Crippen molar-refractivity contribution in [3.63, 3.8) is 0 Å². The smallest absolute Gasteiger partial charge is 0.116 e. The van der Waals surface area contributed by atoms with E-state index in [0.717, 1.165) is 16.9 Å². The summed E-state index contributed by atoms with van der Waals surface area (Å²) in [6.07, 6.45) is 4.75. The molecule has 1 aromatic heterocycles. The average molecular weight is 149 g/mol. The highest BCUT2D eigenvalue weighted by atomic mass is 15.0. The van der Waals surface area contributed by atoms with Crippen molar-refractivity contribution in [3.05, 3.63) is 30.1 Å². The average Bonchev–Trinajstić information content (AvgIpc) is 2.33. The zero-order valence-electron chi connectivity index (χ0n) is 6.44. The van der Waals surface area contributed by atoms with Crippen molar-refractivity contribution < 1.29 is 0 Å². The molecule has 0 saturated carbocycles. The van der Waals surface area contributed by atoms with E-state index in [-0.39, 0.29) is 0 Å². The van der Waals surface area contributed by atoms with Crippen LogP contribution >= 0.6 is 0 Å². The van der Waals surface area contributed by atoms with Gasteiger partial charge in [0, 0.05) is 18.0 Å². The third kappa shape index (κ3) is 1.32. The summed E-state index contributed by atoms with van der Waals surface area (Å²) in [5.41, 5.74) is 1.94. The van der Waals surface area contributed by atoms with Gasteiger partial charge in [-0.1, -0.05) is 6.58 Å². The molecule has 1 heterocycles. The van der Waals surface area contributed by atoms with Crippen molar-refractivity contribution in [2.45, 2.75) is 6.92 Å². The first-order valence-corrected chi connectivity index (χ1v) is 3.35. The van der Waals surface area contributed by atoms with E-state index in [1.807, 2.05) is 13.1 Å². The number of nitrogens with one attached hydrogen (secondary N) is 3. The molecule has 0 amide bonds. The number of anilines is 1. The highest BCUT2D eigenvalue weighted by molar-refractivity contribution is 5.86. The van der Waals surface area contributed by atoms with Crippen LogP contribution in [0, 0.1) is 12.3 Å². The SMILES string of the molecule is C=CNc1[nH]cc(C)c1C=N. The molecule has 1 aromatic rings. The van der Waals surface area contributed by atoms with Gasteiger partial charge in [0.2, 0.25) is 0 Å². The fourth-order valence-electron chi connectivity index (χ4n) is 0.941. The van der Waals surface area contributed by atoms with E-state index in [9.17, 15) is 0 Å². The maximum Gasteiger partial charge on any atom is 0.116 e. The van der Waals surface area contributed by atoms with E-state index in [4.69, 9.17) is 5.41 Å². The zero-order valence-corrected chi connectivity index (χ0v) is 6.44. The van der Waals surface area contributed by atoms with Gasteiger partial charge in [-0.3, -0.25) is 0 Å². The quantitative estimate of drug-likeness (QED) is 0.564. The number of aromatic nitrogens is 1. The third-order valence-corrected chi connectivity index (χ3v) is 1.52. The summed E-state index contributed by atoms with van der Waals surface area (Å²) < 4.78 is 0. The molecule has 0 atom stereocenters. The van der Waals surface area contributed by atoms with E-state index >= 15 is 0 Å². The number of hydrogen-bond acceptors (Lipinski definition) is 2. The molecule has 0 aliphatic carbocycles. The summed E-state index contributed by atoms with van der Waals surface area (Å²) in [6, 6.07) is 0. The molecule has 0 unspecified atom stereocenters. The standard InChI is InChI=1S/C8H11N3/c1-3-10-8-7(4-9)6(2)5-11-8/h3-5,9-11H,1H2,2H3. The Balaban J connectivity index is 3.04. The first-order chi connectivity index (χ1) is 5.29. The minimum atomic E-state index is 0.826. The normalized spacial score (nSPS) is 9.18. The second kappa shape index (κ2) is 3.05. The second-order valence-corrected chi connectivity index (χ2v) is 2.25. The van der Waals surface area contributed by atoms with Gasteiger partial charge in [-0.05, 0) is 18.7 Å². The number of H-pyrrole nitrogens is 1. The number of aryl methyl sites for hydroxylation is 1. The van der Waals surface area contributed by atoms with Crippen LogP contribution in [0.1, 0.15) is 11.1 Å². The summed E-state index contributed by atoms with van der Waals surface area (Å²) in [5, 5.41) is 10.0. The fraction of sp³-hybridized carbons (Fsp3) is 0.125. The largest absolute Gasteiger partial charge is 0.348 e. The minimum Gasteiger partial charge on any atom is -0.348 e. The van der Waals surface area contributed by atoms with E-state index in [2.05, 4.69) is 16.9 Å². The second-order valence-electron chi connectivity index (χ2n) is 2.25. The van der Waals surface area contributed by atoms with Gasteiger partial charge < -0.3 is 15.7 Å². The Labute approximate surface area is 65.6 Å². The van der Waals surface area contributed by atoms with Crippen LogP contribution in [0.15, 0.2) is 19.0 Å². The van der Waals surface area contributed by atoms with Gasteiger partial charge in [-0.15, -0.1) is 0 Å². The van der Waals surface area contributed by atoms with E-state index < -0.39 is 0 Å². The number of rotatable bonds is 3. The molecule has 58 valence electrons. The molecule has 0 fully saturated rings. The van der Waals surface area contributed by atoms with Crippen LogP contribution in [0.25, 0.3) is 0 Å². The summed E-state index contributed by atoms with van der Waals surface area (Å²) in [5.74, 6) is 0.826.